The van der Waals surface area contributed by atoms with Gasteiger partial charge in [0.05, 0.1) is 6.61 Å². The average molecular weight is 328 g/mol. The van der Waals surface area contributed by atoms with Gasteiger partial charge in [0.2, 0.25) is 11.8 Å². The monoisotopic (exact) mass is 328 g/mol. The standard InChI is InChI=1S/C18H20N2O4/c19-18(22)17(14-7-3-1-4-8-14)20-16(21)13-23-11-12-24-15-9-5-2-6-10-15/h1-10,17H,11-13H2,(H2,19,22)(H,20,21)/t17-/m0/s1. The van der Waals surface area contributed by atoms with E-state index in [4.69, 9.17) is 15.2 Å². The average Bonchev–Trinajstić information content (AvgIpc) is 2.61. The lowest BCUT2D eigenvalue weighted by molar-refractivity contribution is -0.130. The van der Waals surface area contributed by atoms with Crippen LogP contribution >= 0.6 is 0 Å². The molecule has 0 unspecified atom stereocenters. The number of ether oxygens (including phenoxy) is 2. The molecule has 3 N–H and O–H groups in total. The van der Waals surface area contributed by atoms with Gasteiger partial charge in [-0.15, -0.1) is 0 Å². The summed E-state index contributed by atoms with van der Waals surface area (Å²) in [5, 5.41) is 2.56. The molecular weight excluding hydrogens is 308 g/mol. The molecule has 126 valence electrons. The smallest absolute Gasteiger partial charge is 0.246 e. The highest BCUT2D eigenvalue weighted by molar-refractivity contribution is 5.88. The van der Waals surface area contributed by atoms with Gasteiger partial charge < -0.3 is 20.5 Å². The molecule has 0 aromatic heterocycles. The maximum absolute atomic E-state index is 11.9. The van der Waals surface area contributed by atoms with Crippen molar-refractivity contribution in [2.45, 2.75) is 6.04 Å². The number of primary amides is 1. The SMILES string of the molecule is NC(=O)[C@@H](NC(=O)COCCOc1ccccc1)c1ccccc1. The normalized spacial score (nSPS) is 11.5. The predicted molar refractivity (Wildman–Crippen MR) is 89.3 cm³/mol. The Kier molecular flexibility index (Phi) is 6.79. The van der Waals surface area contributed by atoms with Crippen LogP contribution in [0.4, 0.5) is 0 Å². The van der Waals surface area contributed by atoms with Crippen molar-refractivity contribution in [2.24, 2.45) is 5.73 Å². The maximum atomic E-state index is 11.9. The summed E-state index contributed by atoms with van der Waals surface area (Å²) in [4.78, 5) is 23.4. The Morgan fingerprint density at radius 2 is 1.58 bits per heavy atom. The van der Waals surface area contributed by atoms with Crippen LogP contribution < -0.4 is 15.8 Å². The van der Waals surface area contributed by atoms with Crippen molar-refractivity contribution < 1.29 is 19.1 Å². The van der Waals surface area contributed by atoms with E-state index in [0.29, 0.717) is 12.2 Å². The van der Waals surface area contributed by atoms with E-state index in [1.165, 1.54) is 0 Å². The summed E-state index contributed by atoms with van der Waals surface area (Å²) in [5.41, 5.74) is 5.97. The summed E-state index contributed by atoms with van der Waals surface area (Å²) >= 11 is 0. The van der Waals surface area contributed by atoms with Crippen LogP contribution in [0.2, 0.25) is 0 Å². The fourth-order valence-corrected chi connectivity index (χ4v) is 2.07. The summed E-state index contributed by atoms with van der Waals surface area (Å²) in [5.74, 6) is -0.298. The lowest BCUT2D eigenvalue weighted by atomic mass is 10.1. The Hall–Kier alpha value is -2.86. The second-order valence-corrected chi connectivity index (χ2v) is 5.03. The van der Waals surface area contributed by atoms with Crippen molar-refractivity contribution >= 4 is 11.8 Å². The van der Waals surface area contributed by atoms with E-state index >= 15 is 0 Å². The molecule has 2 aromatic carbocycles. The third-order valence-electron chi connectivity index (χ3n) is 3.20. The van der Waals surface area contributed by atoms with Crippen molar-refractivity contribution in [3.8, 4) is 5.75 Å². The molecule has 0 saturated carbocycles. The first-order valence-corrected chi connectivity index (χ1v) is 7.56. The van der Waals surface area contributed by atoms with Crippen LogP contribution in [0.25, 0.3) is 0 Å². The molecule has 2 rings (SSSR count). The first-order valence-electron chi connectivity index (χ1n) is 7.56. The Balaban J connectivity index is 1.71. The van der Waals surface area contributed by atoms with Gasteiger partial charge in [-0.05, 0) is 17.7 Å². The van der Waals surface area contributed by atoms with Crippen LogP contribution in [0.15, 0.2) is 60.7 Å². The number of benzene rings is 2. The fourth-order valence-electron chi connectivity index (χ4n) is 2.07. The summed E-state index contributed by atoms with van der Waals surface area (Å²) in [6, 6.07) is 17.3. The van der Waals surface area contributed by atoms with Crippen LogP contribution in [0.3, 0.4) is 0 Å². The minimum Gasteiger partial charge on any atom is -0.491 e. The molecule has 24 heavy (non-hydrogen) atoms. The van der Waals surface area contributed by atoms with E-state index in [9.17, 15) is 9.59 Å². The third kappa shape index (κ3) is 5.73. The van der Waals surface area contributed by atoms with E-state index in [2.05, 4.69) is 5.32 Å². The highest BCUT2D eigenvalue weighted by Crippen LogP contribution is 2.11. The van der Waals surface area contributed by atoms with Gasteiger partial charge in [0.25, 0.3) is 0 Å². The second-order valence-electron chi connectivity index (χ2n) is 5.03. The lowest BCUT2D eigenvalue weighted by Gasteiger charge is -2.16. The Labute approximate surface area is 140 Å². The van der Waals surface area contributed by atoms with Gasteiger partial charge in [0.1, 0.15) is 25.0 Å². The zero-order chi connectivity index (χ0) is 17.2. The predicted octanol–water partition coefficient (Wildman–Crippen LogP) is 1.42. The zero-order valence-corrected chi connectivity index (χ0v) is 13.2. The summed E-state index contributed by atoms with van der Waals surface area (Å²) in [6.07, 6.45) is 0. The number of carbonyl (C=O) groups excluding carboxylic acids is 2. The first-order chi connectivity index (χ1) is 11.7. The first kappa shape index (κ1) is 17.5. The van der Waals surface area contributed by atoms with Gasteiger partial charge in [-0.2, -0.15) is 0 Å². The van der Waals surface area contributed by atoms with Gasteiger partial charge in [-0.3, -0.25) is 9.59 Å². The van der Waals surface area contributed by atoms with Crippen molar-refractivity contribution in [3.63, 3.8) is 0 Å². The second kappa shape index (κ2) is 9.32. The molecule has 0 fully saturated rings. The molecule has 6 nitrogen and oxygen atoms in total. The highest BCUT2D eigenvalue weighted by Gasteiger charge is 2.19. The quantitative estimate of drug-likeness (QED) is 0.681. The Morgan fingerprint density at radius 3 is 2.21 bits per heavy atom. The Morgan fingerprint density at radius 1 is 0.958 bits per heavy atom. The molecule has 0 radical (unpaired) electrons. The van der Waals surface area contributed by atoms with Crippen molar-refractivity contribution in [3.05, 3.63) is 66.2 Å². The molecule has 0 spiro atoms. The number of rotatable bonds is 9. The van der Waals surface area contributed by atoms with E-state index in [1.807, 2.05) is 36.4 Å². The van der Waals surface area contributed by atoms with Crippen LogP contribution in [0.1, 0.15) is 11.6 Å². The lowest BCUT2D eigenvalue weighted by Crippen LogP contribution is -2.39. The van der Waals surface area contributed by atoms with Crippen LogP contribution in [-0.4, -0.2) is 31.6 Å². The van der Waals surface area contributed by atoms with Crippen molar-refractivity contribution in [2.75, 3.05) is 19.8 Å². The number of hydrogen-bond acceptors (Lipinski definition) is 4. The van der Waals surface area contributed by atoms with Crippen LogP contribution in [0, 0.1) is 0 Å². The molecule has 0 bridgehead atoms. The zero-order valence-electron chi connectivity index (χ0n) is 13.2. The van der Waals surface area contributed by atoms with Gasteiger partial charge in [-0.25, -0.2) is 0 Å². The molecular formula is C18H20N2O4. The number of amides is 2. The molecule has 2 amide bonds. The molecule has 0 aliphatic heterocycles. The van der Waals surface area contributed by atoms with Crippen molar-refractivity contribution in [1.82, 2.24) is 5.32 Å². The minimum atomic E-state index is -0.872. The van der Waals surface area contributed by atoms with E-state index in [-0.39, 0.29) is 13.2 Å². The fraction of sp³-hybridized carbons (Fsp3) is 0.222. The third-order valence-corrected chi connectivity index (χ3v) is 3.20. The minimum absolute atomic E-state index is 0.172. The molecule has 2 aromatic rings. The number of carbonyl (C=O) groups is 2. The number of para-hydroxylation sites is 1. The van der Waals surface area contributed by atoms with Crippen LogP contribution in [-0.2, 0) is 14.3 Å². The molecule has 0 aliphatic rings. The summed E-state index contributed by atoms with van der Waals surface area (Å²) < 4.78 is 10.7. The molecule has 0 saturated heterocycles. The Bertz CT molecular complexity index is 647. The van der Waals surface area contributed by atoms with Crippen LogP contribution in [0.5, 0.6) is 5.75 Å². The molecule has 0 aliphatic carbocycles. The van der Waals surface area contributed by atoms with Gasteiger partial charge in [-0.1, -0.05) is 48.5 Å². The molecule has 0 heterocycles. The number of hydrogen-bond donors (Lipinski definition) is 2. The molecule has 6 heteroatoms. The van der Waals surface area contributed by atoms with Gasteiger partial charge in [0, 0.05) is 0 Å². The largest absolute Gasteiger partial charge is 0.491 e. The number of nitrogens with two attached hydrogens (primary N) is 1. The van der Waals surface area contributed by atoms with E-state index < -0.39 is 17.9 Å². The summed E-state index contributed by atoms with van der Waals surface area (Å²) in [7, 11) is 0. The molecule has 1 atom stereocenters. The highest BCUT2D eigenvalue weighted by atomic mass is 16.5. The van der Waals surface area contributed by atoms with E-state index in [1.54, 1.807) is 24.3 Å². The number of nitrogens with one attached hydrogen (secondary N) is 1. The van der Waals surface area contributed by atoms with Gasteiger partial charge >= 0.3 is 0 Å². The van der Waals surface area contributed by atoms with Crippen molar-refractivity contribution in [1.29, 1.82) is 0 Å². The summed E-state index contributed by atoms with van der Waals surface area (Å²) in [6.45, 7) is 0.416. The maximum Gasteiger partial charge on any atom is 0.246 e. The topological polar surface area (TPSA) is 90.7 Å². The van der Waals surface area contributed by atoms with Gasteiger partial charge in [0.15, 0.2) is 0 Å². The van der Waals surface area contributed by atoms with E-state index in [0.717, 1.165) is 5.75 Å².